The van der Waals surface area contributed by atoms with Gasteiger partial charge >= 0.3 is 6.18 Å². The third-order valence-electron chi connectivity index (χ3n) is 7.29. The van der Waals surface area contributed by atoms with E-state index in [1.54, 1.807) is 12.3 Å². The third kappa shape index (κ3) is 4.48. The van der Waals surface area contributed by atoms with E-state index in [2.05, 4.69) is 25.2 Å². The van der Waals surface area contributed by atoms with Gasteiger partial charge in [0.25, 0.3) is 0 Å². The Kier molecular flexibility index (Phi) is 5.97. The number of hydrogen-bond donors (Lipinski definition) is 2. The molecule has 9 nitrogen and oxygen atoms in total. The highest BCUT2D eigenvalue weighted by Gasteiger charge is 2.36. The van der Waals surface area contributed by atoms with Crippen LogP contribution in [0.2, 0.25) is 0 Å². The minimum atomic E-state index is -4.46. The Morgan fingerprint density at radius 3 is 2.61 bits per heavy atom. The van der Waals surface area contributed by atoms with Crippen LogP contribution in [0.3, 0.4) is 0 Å². The van der Waals surface area contributed by atoms with E-state index in [0.29, 0.717) is 41.7 Å². The lowest BCUT2D eigenvalue weighted by atomic mass is 10.1. The van der Waals surface area contributed by atoms with Crippen molar-refractivity contribution >= 4 is 22.8 Å². The summed E-state index contributed by atoms with van der Waals surface area (Å²) in [5.41, 5.74) is -0.0241. The molecule has 3 fully saturated rings. The number of alkyl halides is 3. The second kappa shape index (κ2) is 9.16. The summed E-state index contributed by atoms with van der Waals surface area (Å²) in [4.78, 5) is 14.0. The Balaban J connectivity index is 1.35. The summed E-state index contributed by atoms with van der Waals surface area (Å²) in [7, 11) is 0. The Labute approximate surface area is 205 Å². The van der Waals surface area contributed by atoms with Gasteiger partial charge in [-0.2, -0.15) is 28.2 Å². The highest BCUT2D eigenvalue weighted by atomic mass is 19.4. The molecule has 1 aliphatic carbocycles. The fourth-order valence-electron chi connectivity index (χ4n) is 5.27. The van der Waals surface area contributed by atoms with E-state index in [1.165, 1.54) is 10.7 Å². The van der Waals surface area contributed by atoms with Crippen molar-refractivity contribution in [2.75, 3.05) is 49.6 Å². The number of aromatic nitrogens is 4. The van der Waals surface area contributed by atoms with Gasteiger partial charge in [0.1, 0.15) is 5.82 Å². The number of aliphatic hydroxyl groups excluding tert-OH is 1. The fraction of sp³-hybridized carbons (Fsp3) is 0.542. The molecule has 2 saturated heterocycles. The summed E-state index contributed by atoms with van der Waals surface area (Å²) in [6, 6.07) is 5.51. The number of benzene rings is 1. The fourth-order valence-corrected chi connectivity index (χ4v) is 5.27. The van der Waals surface area contributed by atoms with Gasteiger partial charge in [-0.25, -0.2) is 4.68 Å². The number of rotatable bonds is 5. The van der Waals surface area contributed by atoms with Crippen molar-refractivity contribution in [1.29, 1.82) is 0 Å². The molecule has 0 amide bonds. The van der Waals surface area contributed by atoms with E-state index in [0.717, 1.165) is 57.9 Å². The quantitative estimate of drug-likeness (QED) is 0.549. The van der Waals surface area contributed by atoms with Crippen LogP contribution in [-0.2, 0) is 10.9 Å². The average Bonchev–Trinajstić information content (AvgIpc) is 3.44. The standard InChI is InChI=1S/C24H28F3N7O2/c25-24(26,27)15-2-1-3-17(10-15)34-22-20(12-28-34)21(30-23(31-22)29-16-4-5-19(35)11-16)33-13-18(14-33)32-6-8-36-9-7-32/h1-3,10,12,16,18-19,35H,4-9,11,13-14H2,(H,29,30,31)/t16-,19+/m0/s1. The van der Waals surface area contributed by atoms with Crippen molar-refractivity contribution in [1.82, 2.24) is 24.6 Å². The molecule has 1 aromatic carbocycles. The third-order valence-corrected chi connectivity index (χ3v) is 7.29. The SMILES string of the molecule is O[C@@H]1CC[C@H](Nc2nc(N3CC(N4CCOCC4)C3)c3cnn(-c4cccc(C(F)(F)F)c4)c3n2)C1. The summed E-state index contributed by atoms with van der Waals surface area (Å²) >= 11 is 0. The van der Waals surface area contributed by atoms with Gasteiger partial charge in [-0.3, -0.25) is 4.90 Å². The number of ether oxygens (including phenoxy) is 1. The minimum Gasteiger partial charge on any atom is -0.393 e. The smallest absolute Gasteiger partial charge is 0.393 e. The first-order valence-electron chi connectivity index (χ1n) is 12.3. The molecule has 192 valence electrons. The van der Waals surface area contributed by atoms with Gasteiger partial charge in [0, 0.05) is 38.3 Å². The number of fused-ring (bicyclic) bond motifs is 1. The lowest BCUT2D eigenvalue weighted by Gasteiger charge is -2.47. The average molecular weight is 504 g/mol. The maximum absolute atomic E-state index is 13.4. The molecule has 2 N–H and O–H groups in total. The molecule has 1 saturated carbocycles. The molecule has 36 heavy (non-hydrogen) atoms. The summed E-state index contributed by atoms with van der Waals surface area (Å²) in [5, 5.41) is 18.4. The molecule has 2 atom stereocenters. The van der Waals surface area contributed by atoms with E-state index in [1.807, 2.05) is 0 Å². The number of nitrogens with one attached hydrogen (secondary N) is 1. The topological polar surface area (TPSA) is 91.6 Å². The normalized spacial score (nSPS) is 23.8. The van der Waals surface area contributed by atoms with Gasteiger partial charge in [0.05, 0.1) is 42.2 Å². The largest absolute Gasteiger partial charge is 0.416 e. The Hall–Kier alpha value is -2.96. The zero-order valence-corrected chi connectivity index (χ0v) is 19.7. The molecule has 0 unspecified atom stereocenters. The van der Waals surface area contributed by atoms with E-state index >= 15 is 0 Å². The van der Waals surface area contributed by atoms with Crippen molar-refractivity contribution < 1.29 is 23.0 Å². The van der Waals surface area contributed by atoms with Crippen LogP contribution >= 0.6 is 0 Å². The molecule has 6 rings (SSSR count). The zero-order valence-electron chi connectivity index (χ0n) is 19.7. The van der Waals surface area contributed by atoms with Crippen LogP contribution in [-0.4, -0.2) is 87.3 Å². The van der Waals surface area contributed by atoms with Gasteiger partial charge in [0.15, 0.2) is 5.65 Å². The Morgan fingerprint density at radius 1 is 1.08 bits per heavy atom. The van der Waals surface area contributed by atoms with Crippen molar-refractivity contribution in [2.45, 2.75) is 43.6 Å². The molecule has 0 bridgehead atoms. The van der Waals surface area contributed by atoms with Gasteiger partial charge in [-0.15, -0.1) is 0 Å². The molecule has 2 aromatic heterocycles. The predicted octanol–water partition coefficient (Wildman–Crippen LogP) is 2.68. The molecular weight excluding hydrogens is 475 g/mol. The van der Waals surface area contributed by atoms with Crippen molar-refractivity contribution in [3.8, 4) is 5.69 Å². The summed E-state index contributed by atoms with van der Waals surface area (Å²) < 4.78 is 47.0. The van der Waals surface area contributed by atoms with Gasteiger partial charge < -0.3 is 20.1 Å². The molecule has 4 heterocycles. The Bertz CT molecular complexity index is 1240. The van der Waals surface area contributed by atoms with E-state index in [4.69, 9.17) is 9.72 Å². The highest BCUT2D eigenvalue weighted by molar-refractivity contribution is 5.89. The predicted molar refractivity (Wildman–Crippen MR) is 127 cm³/mol. The lowest BCUT2D eigenvalue weighted by molar-refractivity contribution is -0.137. The van der Waals surface area contributed by atoms with E-state index in [9.17, 15) is 18.3 Å². The molecule has 0 spiro atoms. The van der Waals surface area contributed by atoms with Gasteiger partial charge in [-0.05, 0) is 37.5 Å². The Morgan fingerprint density at radius 2 is 1.89 bits per heavy atom. The second-order valence-electron chi connectivity index (χ2n) is 9.73. The molecule has 0 radical (unpaired) electrons. The monoisotopic (exact) mass is 503 g/mol. The van der Waals surface area contributed by atoms with E-state index < -0.39 is 11.7 Å². The van der Waals surface area contributed by atoms with Crippen LogP contribution in [0, 0.1) is 0 Å². The number of halogens is 3. The molecule has 3 aliphatic rings. The van der Waals surface area contributed by atoms with Crippen molar-refractivity contribution in [3.63, 3.8) is 0 Å². The maximum atomic E-state index is 13.4. The van der Waals surface area contributed by atoms with Crippen molar-refractivity contribution in [3.05, 3.63) is 36.0 Å². The molecular formula is C24H28F3N7O2. The number of nitrogens with zero attached hydrogens (tertiary/aromatic N) is 6. The summed E-state index contributed by atoms with van der Waals surface area (Å²) in [6.45, 7) is 4.87. The van der Waals surface area contributed by atoms with Crippen LogP contribution in [0.15, 0.2) is 30.5 Å². The summed E-state index contributed by atoms with van der Waals surface area (Å²) in [6.07, 6.45) is -1.08. The van der Waals surface area contributed by atoms with Gasteiger partial charge in [0.2, 0.25) is 5.95 Å². The zero-order chi connectivity index (χ0) is 24.9. The maximum Gasteiger partial charge on any atom is 0.416 e. The van der Waals surface area contributed by atoms with Gasteiger partial charge in [-0.1, -0.05) is 6.07 Å². The number of hydrogen-bond acceptors (Lipinski definition) is 8. The first-order chi connectivity index (χ1) is 17.3. The highest BCUT2D eigenvalue weighted by Crippen LogP contribution is 2.34. The molecule has 2 aliphatic heterocycles. The number of morpholine rings is 1. The minimum absolute atomic E-state index is 0.0349. The second-order valence-corrected chi connectivity index (χ2v) is 9.73. The summed E-state index contributed by atoms with van der Waals surface area (Å²) in [5.74, 6) is 1.10. The van der Waals surface area contributed by atoms with E-state index in [-0.39, 0.29) is 17.8 Å². The molecule has 12 heteroatoms. The first kappa shape index (κ1) is 23.4. The number of anilines is 2. The lowest BCUT2D eigenvalue weighted by Crippen LogP contribution is -2.61. The van der Waals surface area contributed by atoms with Crippen LogP contribution in [0.1, 0.15) is 24.8 Å². The molecule has 3 aromatic rings. The van der Waals surface area contributed by atoms with Crippen molar-refractivity contribution in [2.24, 2.45) is 0 Å². The van der Waals surface area contributed by atoms with Crippen LogP contribution in [0.25, 0.3) is 16.7 Å². The van der Waals surface area contributed by atoms with Crippen LogP contribution < -0.4 is 10.2 Å². The first-order valence-corrected chi connectivity index (χ1v) is 12.3. The number of aliphatic hydroxyl groups is 1. The van der Waals surface area contributed by atoms with Crippen LogP contribution in [0.5, 0.6) is 0 Å². The van der Waals surface area contributed by atoms with Crippen LogP contribution in [0.4, 0.5) is 24.9 Å².